The molecule has 1 saturated heterocycles. The fourth-order valence-electron chi connectivity index (χ4n) is 3.37. The minimum atomic E-state index is -0.318. The number of carbonyl (C=O) groups is 2. The number of methoxy groups -OCH3 is 2. The Bertz CT molecular complexity index is 826. The normalized spacial score (nSPS) is 15.5. The summed E-state index contributed by atoms with van der Waals surface area (Å²) in [5, 5.41) is 2.93. The zero-order chi connectivity index (χ0) is 20.8. The second-order valence-corrected chi connectivity index (χ2v) is 6.96. The lowest BCUT2D eigenvalue weighted by molar-refractivity contribution is -0.121. The predicted octanol–water partition coefficient (Wildman–Crippen LogP) is 2.49. The molecule has 1 aliphatic rings. The number of carbonyl (C=O) groups excluding carboxylic acids is 2. The van der Waals surface area contributed by atoms with Gasteiger partial charge in [0.2, 0.25) is 5.91 Å². The Balaban J connectivity index is 1.57. The molecule has 1 aliphatic heterocycles. The van der Waals surface area contributed by atoms with Crippen molar-refractivity contribution in [2.24, 2.45) is 0 Å². The quantitative estimate of drug-likeness (QED) is 0.811. The maximum atomic E-state index is 12.7. The third kappa shape index (κ3) is 5.06. The fourth-order valence-corrected chi connectivity index (χ4v) is 3.37. The number of benzene rings is 2. The van der Waals surface area contributed by atoms with Crippen molar-refractivity contribution in [2.45, 2.75) is 13.0 Å². The van der Waals surface area contributed by atoms with Crippen LogP contribution in [0.3, 0.4) is 0 Å². The first-order valence-corrected chi connectivity index (χ1v) is 9.64. The molecule has 1 atom stereocenters. The Morgan fingerprint density at radius 2 is 1.52 bits per heavy atom. The molecule has 0 bridgehead atoms. The Hall–Kier alpha value is -3.06. The number of ether oxygens (including phenoxy) is 2. The highest BCUT2D eigenvalue weighted by Gasteiger charge is 2.28. The first-order chi connectivity index (χ1) is 14.0. The van der Waals surface area contributed by atoms with Crippen molar-refractivity contribution in [3.63, 3.8) is 0 Å². The number of anilines is 1. The summed E-state index contributed by atoms with van der Waals surface area (Å²) in [6, 6.07) is 14.2. The molecule has 0 aliphatic carbocycles. The predicted molar refractivity (Wildman–Crippen MR) is 112 cm³/mol. The highest BCUT2D eigenvalue weighted by Crippen LogP contribution is 2.26. The Kier molecular flexibility index (Phi) is 6.72. The number of amides is 2. The van der Waals surface area contributed by atoms with E-state index in [-0.39, 0.29) is 17.9 Å². The van der Waals surface area contributed by atoms with Crippen LogP contribution in [0.4, 0.5) is 5.69 Å². The lowest BCUT2D eigenvalue weighted by Gasteiger charge is -2.37. The molecular weight excluding hydrogens is 370 g/mol. The molecule has 3 rings (SSSR count). The standard InChI is InChI=1S/C22H27N3O4/c1-16(21(26)23-18-13-19(28-2)15-20(14-18)29-3)24-9-11-25(12-10-24)22(27)17-7-5-4-6-8-17/h4-8,13-16H,9-12H2,1-3H3,(H,23,26). The van der Waals surface area contributed by atoms with Crippen molar-refractivity contribution in [1.82, 2.24) is 9.80 Å². The second kappa shape index (κ2) is 9.43. The molecule has 1 N–H and O–H groups in total. The number of hydrogen-bond acceptors (Lipinski definition) is 5. The van der Waals surface area contributed by atoms with Crippen molar-refractivity contribution in [3.05, 3.63) is 54.1 Å². The molecule has 1 unspecified atom stereocenters. The molecule has 154 valence electrons. The smallest absolute Gasteiger partial charge is 0.253 e. The van der Waals surface area contributed by atoms with Crippen LogP contribution in [0.2, 0.25) is 0 Å². The summed E-state index contributed by atoms with van der Waals surface area (Å²) in [4.78, 5) is 29.2. The average molecular weight is 397 g/mol. The van der Waals surface area contributed by atoms with E-state index in [2.05, 4.69) is 10.2 Å². The molecule has 0 saturated carbocycles. The van der Waals surface area contributed by atoms with Crippen LogP contribution in [0.25, 0.3) is 0 Å². The van der Waals surface area contributed by atoms with Gasteiger partial charge in [-0.2, -0.15) is 0 Å². The van der Waals surface area contributed by atoms with Crippen LogP contribution in [-0.2, 0) is 4.79 Å². The SMILES string of the molecule is COc1cc(NC(=O)C(C)N2CCN(C(=O)c3ccccc3)CC2)cc(OC)c1. The summed E-state index contributed by atoms with van der Waals surface area (Å²) < 4.78 is 10.5. The second-order valence-electron chi connectivity index (χ2n) is 6.96. The monoisotopic (exact) mass is 397 g/mol. The van der Waals surface area contributed by atoms with E-state index < -0.39 is 0 Å². The molecular formula is C22H27N3O4. The molecule has 1 heterocycles. The highest BCUT2D eigenvalue weighted by atomic mass is 16.5. The Morgan fingerprint density at radius 1 is 0.931 bits per heavy atom. The van der Waals surface area contributed by atoms with E-state index in [1.54, 1.807) is 32.4 Å². The number of hydrogen-bond donors (Lipinski definition) is 1. The van der Waals surface area contributed by atoms with E-state index in [0.717, 1.165) is 0 Å². The molecule has 29 heavy (non-hydrogen) atoms. The summed E-state index contributed by atoms with van der Waals surface area (Å²) in [5.41, 5.74) is 1.31. The van der Waals surface area contributed by atoms with E-state index in [9.17, 15) is 9.59 Å². The molecule has 2 aromatic carbocycles. The largest absolute Gasteiger partial charge is 0.497 e. The number of piperazine rings is 1. The van der Waals surface area contributed by atoms with Gasteiger partial charge in [0, 0.05) is 55.6 Å². The molecule has 0 spiro atoms. The maximum absolute atomic E-state index is 12.7. The number of rotatable bonds is 6. The van der Waals surface area contributed by atoms with E-state index in [0.29, 0.717) is 48.9 Å². The summed E-state index contributed by atoms with van der Waals surface area (Å²) in [7, 11) is 3.14. The minimum absolute atomic E-state index is 0.0332. The number of nitrogens with zero attached hydrogens (tertiary/aromatic N) is 2. The van der Waals surface area contributed by atoms with Gasteiger partial charge in [0.15, 0.2) is 0 Å². The third-order valence-electron chi connectivity index (χ3n) is 5.17. The van der Waals surface area contributed by atoms with Crippen molar-refractivity contribution < 1.29 is 19.1 Å². The average Bonchev–Trinajstić information content (AvgIpc) is 2.78. The Morgan fingerprint density at radius 3 is 2.07 bits per heavy atom. The van der Waals surface area contributed by atoms with Crippen LogP contribution in [0, 0.1) is 0 Å². The van der Waals surface area contributed by atoms with E-state index in [4.69, 9.17) is 9.47 Å². The third-order valence-corrected chi connectivity index (χ3v) is 5.17. The van der Waals surface area contributed by atoms with Crippen molar-refractivity contribution >= 4 is 17.5 Å². The molecule has 7 nitrogen and oxygen atoms in total. The van der Waals surface area contributed by atoms with Gasteiger partial charge in [-0.1, -0.05) is 18.2 Å². The zero-order valence-corrected chi connectivity index (χ0v) is 17.1. The van der Waals surface area contributed by atoms with E-state index >= 15 is 0 Å². The molecule has 7 heteroatoms. The van der Waals surface area contributed by atoms with Crippen LogP contribution in [0.15, 0.2) is 48.5 Å². The van der Waals surface area contributed by atoms with E-state index in [1.165, 1.54) is 0 Å². The zero-order valence-electron chi connectivity index (χ0n) is 17.1. The summed E-state index contributed by atoms with van der Waals surface area (Å²) in [6.07, 6.45) is 0. The first kappa shape index (κ1) is 20.7. The summed E-state index contributed by atoms with van der Waals surface area (Å²) in [6.45, 7) is 4.36. The highest BCUT2D eigenvalue weighted by molar-refractivity contribution is 5.95. The molecule has 2 aromatic rings. The van der Waals surface area contributed by atoms with Gasteiger partial charge in [-0.3, -0.25) is 14.5 Å². The topological polar surface area (TPSA) is 71.1 Å². The van der Waals surface area contributed by atoms with Gasteiger partial charge in [0.05, 0.1) is 20.3 Å². The Labute approximate surface area is 171 Å². The van der Waals surface area contributed by atoms with Gasteiger partial charge in [0.1, 0.15) is 11.5 Å². The van der Waals surface area contributed by atoms with Gasteiger partial charge < -0.3 is 19.7 Å². The lowest BCUT2D eigenvalue weighted by Crippen LogP contribution is -2.54. The molecule has 2 amide bonds. The van der Waals surface area contributed by atoms with Crippen LogP contribution < -0.4 is 14.8 Å². The fraction of sp³-hybridized carbons (Fsp3) is 0.364. The molecule has 0 radical (unpaired) electrons. The first-order valence-electron chi connectivity index (χ1n) is 9.64. The summed E-state index contributed by atoms with van der Waals surface area (Å²) >= 11 is 0. The van der Waals surface area contributed by atoms with Gasteiger partial charge in [-0.05, 0) is 19.1 Å². The van der Waals surface area contributed by atoms with Gasteiger partial charge in [-0.25, -0.2) is 0 Å². The number of nitrogens with one attached hydrogen (secondary N) is 1. The van der Waals surface area contributed by atoms with Crippen molar-refractivity contribution in [2.75, 3.05) is 45.7 Å². The van der Waals surface area contributed by atoms with Crippen molar-refractivity contribution in [1.29, 1.82) is 0 Å². The van der Waals surface area contributed by atoms with E-state index in [1.807, 2.05) is 42.2 Å². The van der Waals surface area contributed by atoms with Gasteiger partial charge in [-0.15, -0.1) is 0 Å². The molecule has 1 fully saturated rings. The van der Waals surface area contributed by atoms with Crippen LogP contribution in [0.5, 0.6) is 11.5 Å². The van der Waals surface area contributed by atoms with Gasteiger partial charge in [0.25, 0.3) is 5.91 Å². The van der Waals surface area contributed by atoms with Gasteiger partial charge >= 0.3 is 0 Å². The van der Waals surface area contributed by atoms with Crippen LogP contribution >= 0.6 is 0 Å². The maximum Gasteiger partial charge on any atom is 0.253 e. The lowest BCUT2D eigenvalue weighted by atomic mass is 10.1. The van der Waals surface area contributed by atoms with Crippen LogP contribution in [-0.4, -0.2) is 68.1 Å². The summed E-state index contributed by atoms with van der Waals surface area (Å²) in [5.74, 6) is 1.15. The molecule has 0 aromatic heterocycles. The minimum Gasteiger partial charge on any atom is -0.497 e. The van der Waals surface area contributed by atoms with Crippen molar-refractivity contribution in [3.8, 4) is 11.5 Å². The van der Waals surface area contributed by atoms with Crippen LogP contribution in [0.1, 0.15) is 17.3 Å².